The second-order valence-electron chi connectivity index (χ2n) is 9.82. The second-order valence-corrected chi connectivity index (χ2v) is 9.82. The quantitative estimate of drug-likeness (QED) is 0.0840. The van der Waals surface area contributed by atoms with E-state index in [1.165, 1.54) is 6.92 Å². The predicted octanol–water partition coefficient (Wildman–Crippen LogP) is 8.11. The summed E-state index contributed by atoms with van der Waals surface area (Å²) < 4.78 is 2.25. The number of carbonyl (C=O) groups excluding carboxylic acids is 2. The number of hydrogen-bond donors (Lipinski definition) is 0. The lowest BCUT2D eigenvalue weighted by Gasteiger charge is -2.07. The fourth-order valence-corrected chi connectivity index (χ4v) is 5.11. The van der Waals surface area contributed by atoms with Gasteiger partial charge in [0, 0.05) is 52.0 Å². The number of fused-ring (bicyclic) bond motifs is 3. The van der Waals surface area contributed by atoms with Crippen LogP contribution in [0.5, 0.6) is 0 Å². The van der Waals surface area contributed by atoms with Gasteiger partial charge < -0.3 is 9.40 Å². The van der Waals surface area contributed by atoms with Crippen LogP contribution in [0.2, 0.25) is 0 Å². The van der Waals surface area contributed by atoms with E-state index in [1.807, 2.05) is 73.7 Å². The molecule has 0 saturated carbocycles. The van der Waals surface area contributed by atoms with Crippen LogP contribution in [0.25, 0.3) is 27.9 Å². The zero-order valence-electron chi connectivity index (χ0n) is 23.1. The summed E-state index contributed by atoms with van der Waals surface area (Å²) in [5, 5.41) is 6.26. The minimum absolute atomic E-state index is 0.0101. The van der Waals surface area contributed by atoms with E-state index in [9.17, 15) is 9.59 Å². The van der Waals surface area contributed by atoms with E-state index in [0.717, 1.165) is 51.5 Å². The molecule has 0 radical (unpaired) electrons. The van der Waals surface area contributed by atoms with Gasteiger partial charge in [0.1, 0.15) is 0 Å². The standard InChI is InChI=1S/C35H32N2O3/c1-4-37-33-20-18-27(32(36-40-25(3)38)17-11-9-15-26-13-6-5-7-14-26)22-30(33)31-23-28(19-21-34(31)37)35(39)29-16-10-8-12-24(29)2/h5-10,12-16,18-23H,4,11,17H2,1-3H3. The number of nitrogens with zero attached hydrogens (tertiary/aromatic N) is 2. The van der Waals surface area contributed by atoms with Crippen molar-refractivity contribution in [2.75, 3.05) is 0 Å². The lowest BCUT2D eigenvalue weighted by molar-refractivity contribution is -0.140. The van der Waals surface area contributed by atoms with E-state index >= 15 is 0 Å². The Hall–Kier alpha value is -4.77. The number of allylic oxidation sites excluding steroid dienone is 1. The third-order valence-corrected chi connectivity index (χ3v) is 7.11. The summed E-state index contributed by atoms with van der Waals surface area (Å²) >= 11 is 0. The molecule has 5 nitrogen and oxygen atoms in total. The summed E-state index contributed by atoms with van der Waals surface area (Å²) in [6.45, 7) is 6.22. The van der Waals surface area contributed by atoms with Gasteiger partial charge in [-0.15, -0.1) is 0 Å². The average Bonchev–Trinajstić information content (AvgIpc) is 3.29. The Morgan fingerprint density at radius 2 is 1.50 bits per heavy atom. The highest BCUT2D eigenvalue weighted by Gasteiger charge is 2.17. The van der Waals surface area contributed by atoms with Gasteiger partial charge in [0.25, 0.3) is 0 Å². The highest BCUT2D eigenvalue weighted by molar-refractivity contribution is 6.16. The van der Waals surface area contributed by atoms with Gasteiger partial charge in [0.15, 0.2) is 5.78 Å². The fourth-order valence-electron chi connectivity index (χ4n) is 5.11. The first-order valence-corrected chi connectivity index (χ1v) is 13.6. The van der Waals surface area contributed by atoms with Crippen LogP contribution in [0, 0.1) is 6.92 Å². The molecular formula is C35H32N2O3. The van der Waals surface area contributed by atoms with Gasteiger partial charge in [0.2, 0.25) is 0 Å². The Morgan fingerprint density at radius 3 is 2.17 bits per heavy atom. The third kappa shape index (κ3) is 5.64. The topological polar surface area (TPSA) is 60.7 Å². The van der Waals surface area contributed by atoms with Crippen molar-refractivity contribution < 1.29 is 14.4 Å². The number of oxime groups is 1. The van der Waals surface area contributed by atoms with Crippen molar-refractivity contribution in [2.45, 2.75) is 40.2 Å². The maximum Gasteiger partial charge on any atom is 0.331 e. The number of hydrogen-bond acceptors (Lipinski definition) is 4. The molecule has 5 aromatic rings. The first-order valence-electron chi connectivity index (χ1n) is 13.6. The van der Waals surface area contributed by atoms with Crippen LogP contribution in [0.4, 0.5) is 0 Å². The molecule has 40 heavy (non-hydrogen) atoms. The van der Waals surface area contributed by atoms with E-state index in [-0.39, 0.29) is 5.78 Å². The second kappa shape index (κ2) is 12.0. The summed E-state index contributed by atoms with van der Waals surface area (Å²) in [7, 11) is 0. The minimum Gasteiger partial charge on any atom is -0.341 e. The van der Waals surface area contributed by atoms with Crippen molar-refractivity contribution in [3.63, 3.8) is 0 Å². The summed E-state index contributed by atoms with van der Waals surface area (Å²) in [4.78, 5) is 30.1. The fraction of sp³-hybridized carbons (Fsp3) is 0.171. The predicted molar refractivity (Wildman–Crippen MR) is 163 cm³/mol. The molecular weight excluding hydrogens is 496 g/mol. The Balaban J connectivity index is 1.54. The molecule has 1 heterocycles. The van der Waals surface area contributed by atoms with Crippen LogP contribution in [0.15, 0.2) is 102 Å². The van der Waals surface area contributed by atoms with Crippen molar-refractivity contribution in [3.05, 3.63) is 125 Å². The van der Waals surface area contributed by atoms with Crippen LogP contribution in [-0.4, -0.2) is 22.0 Å². The van der Waals surface area contributed by atoms with Gasteiger partial charge in [-0.05, 0) is 68.1 Å². The van der Waals surface area contributed by atoms with Crippen molar-refractivity contribution in [1.82, 2.24) is 4.57 Å². The molecule has 200 valence electrons. The highest BCUT2D eigenvalue weighted by Crippen LogP contribution is 2.32. The molecule has 4 aromatic carbocycles. The van der Waals surface area contributed by atoms with Gasteiger partial charge in [-0.1, -0.05) is 78.0 Å². The smallest absolute Gasteiger partial charge is 0.331 e. The van der Waals surface area contributed by atoms with Crippen molar-refractivity contribution >= 4 is 45.3 Å². The van der Waals surface area contributed by atoms with Crippen LogP contribution in [-0.2, 0) is 16.2 Å². The summed E-state index contributed by atoms with van der Waals surface area (Å²) in [6.07, 6.45) is 5.52. The number of aromatic nitrogens is 1. The number of carbonyl (C=O) groups is 2. The van der Waals surface area contributed by atoms with Crippen LogP contribution >= 0.6 is 0 Å². The first-order chi connectivity index (χ1) is 19.5. The lowest BCUT2D eigenvalue weighted by Crippen LogP contribution is -2.04. The molecule has 0 spiro atoms. The summed E-state index contributed by atoms with van der Waals surface area (Å²) in [5.41, 5.74) is 7.18. The van der Waals surface area contributed by atoms with Crippen molar-refractivity contribution in [2.24, 2.45) is 5.16 Å². The van der Waals surface area contributed by atoms with Crippen LogP contribution < -0.4 is 0 Å². The van der Waals surface area contributed by atoms with Gasteiger partial charge in [-0.2, -0.15) is 0 Å². The molecule has 0 N–H and O–H groups in total. The molecule has 0 amide bonds. The van der Waals surface area contributed by atoms with Gasteiger partial charge >= 0.3 is 5.97 Å². The molecule has 0 saturated heterocycles. The van der Waals surface area contributed by atoms with E-state index in [2.05, 4.69) is 53.1 Å². The molecule has 5 rings (SSSR count). The van der Waals surface area contributed by atoms with E-state index in [4.69, 9.17) is 4.84 Å². The van der Waals surface area contributed by atoms with Gasteiger partial charge in [-0.25, -0.2) is 4.79 Å². The number of rotatable bonds is 9. The SMILES string of the molecule is CCn1c2ccc(C(=O)c3ccccc3C)cc2c2cc(C(CCC=Cc3ccccc3)=NOC(C)=O)ccc21. The van der Waals surface area contributed by atoms with Crippen molar-refractivity contribution in [3.8, 4) is 0 Å². The molecule has 0 aliphatic heterocycles. The summed E-state index contributed by atoms with van der Waals surface area (Å²) in [6, 6.07) is 29.9. The van der Waals surface area contributed by atoms with Gasteiger partial charge in [0.05, 0.1) is 5.71 Å². The third-order valence-electron chi connectivity index (χ3n) is 7.11. The largest absolute Gasteiger partial charge is 0.341 e. The molecule has 0 aliphatic rings. The van der Waals surface area contributed by atoms with Crippen molar-refractivity contribution in [1.29, 1.82) is 0 Å². The molecule has 0 unspecified atom stereocenters. The summed E-state index contributed by atoms with van der Waals surface area (Å²) in [5.74, 6) is -0.448. The Bertz CT molecular complexity index is 1760. The Labute approximate surface area is 234 Å². The maximum atomic E-state index is 13.4. The number of ketones is 1. The normalized spacial score (nSPS) is 11.9. The molecule has 0 bridgehead atoms. The zero-order valence-corrected chi connectivity index (χ0v) is 23.1. The molecule has 0 fully saturated rings. The molecule has 5 heteroatoms. The number of benzene rings is 4. The molecule has 0 atom stereocenters. The van der Waals surface area contributed by atoms with E-state index in [0.29, 0.717) is 23.3 Å². The van der Waals surface area contributed by atoms with E-state index < -0.39 is 5.97 Å². The Kier molecular flexibility index (Phi) is 8.02. The molecule has 0 aliphatic carbocycles. The van der Waals surface area contributed by atoms with Gasteiger partial charge in [-0.3, -0.25) is 4.79 Å². The highest BCUT2D eigenvalue weighted by atomic mass is 16.7. The van der Waals surface area contributed by atoms with Crippen LogP contribution in [0.3, 0.4) is 0 Å². The monoisotopic (exact) mass is 528 g/mol. The average molecular weight is 529 g/mol. The minimum atomic E-state index is -0.458. The number of aryl methyl sites for hydroxylation is 2. The first kappa shape index (κ1) is 26.8. The maximum absolute atomic E-state index is 13.4. The lowest BCUT2D eigenvalue weighted by atomic mass is 9.97. The Morgan fingerprint density at radius 1 is 0.850 bits per heavy atom. The van der Waals surface area contributed by atoms with E-state index in [1.54, 1.807) is 0 Å². The zero-order chi connectivity index (χ0) is 28.1. The molecule has 1 aromatic heterocycles. The van der Waals surface area contributed by atoms with Crippen LogP contribution in [0.1, 0.15) is 59.3 Å².